The van der Waals surface area contributed by atoms with E-state index in [4.69, 9.17) is 16.6 Å². The minimum absolute atomic E-state index is 0.00328. The van der Waals surface area contributed by atoms with Crippen LogP contribution in [0.4, 0.5) is 0 Å². The Morgan fingerprint density at radius 3 is 2.68 bits per heavy atom. The van der Waals surface area contributed by atoms with Gasteiger partial charge in [-0.05, 0) is 31.3 Å². The van der Waals surface area contributed by atoms with Gasteiger partial charge in [0, 0.05) is 5.56 Å². The van der Waals surface area contributed by atoms with E-state index in [1.54, 1.807) is 6.26 Å². The van der Waals surface area contributed by atoms with Crippen molar-refractivity contribution in [2.45, 2.75) is 13.0 Å². The van der Waals surface area contributed by atoms with Crippen molar-refractivity contribution in [2.75, 3.05) is 0 Å². The molecule has 0 aliphatic rings. The molecule has 0 fully saturated rings. The van der Waals surface area contributed by atoms with Crippen molar-refractivity contribution in [2.24, 2.45) is 0 Å². The van der Waals surface area contributed by atoms with Crippen LogP contribution < -0.4 is 0 Å². The van der Waals surface area contributed by atoms with Crippen molar-refractivity contribution in [3.8, 4) is 11.4 Å². The molecule has 1 aromatic carbocycles. The molecule has 0 spiro atoms. The van der Waals surface area contributed by atoms with Gasteiger partial charge in [-0.3, -0.25) is 9.67 Å². The maximum absolute atomic E-state index is 5.46. The Hall–Kier alpha value is -2.14. The highest BCUT2D eigenvalue weighted by Crippen LogP contribution is 2.25. The van der Waals surface area contributed by atoms with E-state index < -0.39 is 0 Å². The van der Waals surface area contributed by atoms with Gasteiger partial charge in [0.15, 0.2) is 10.6 Å². The van der Waals surface area contributed by atoms with Gasteiger partial charge >= 0.3 is 0 Å². The van der Waals surface area contributed by atoms with Crippen LogP contribution in [0.25, 0.3) is 11.4 Å². The molecular weight excluding hydrogens is 258 g/mol. The summed E-state index contributed by atoms with van der Waals surface area (Å²) >= 11 is 5.33. The quantitative estimate of drug-likeness (QED) is 0.737. The number of furan rings is 1. The van der Waals surface area contributed by atoms with Gasteiger partial charge in [-0.25, -0.2) is 0 Å². The lowest BCUT2D eigenvalue weighted by atomic mass is 10.2. The number of hydrogen-bond acceptors (Lipinski definition) is 3. The summed E-state index contributed by atoms with van der Waals surface area (Å²) in [5.41, 5.74) is 1.02. The standard InChI is InChI=1S/C14H13N3OS/c1-10(12-8-5-9-18-12)17-13(15-16-14(17)19)11-6-3-2-4-7-11/h2-10H,1H3,(H,16,19). The summed E-state index contributed by atoms with van der Waals surface area (Å²) in [6.07, 6.45) is 1.66. The number of benzene rings is 1. The summed E-state index contributed by atoms with van der Waals surface area (Å²) in [7, 11) is 0. The summed E-state index contributed by atoms with van der Waals surface area (Å²) in [5, 5.41) is 7.17. The third-order valence-electron chi connectivity index (χ3n) is 3.08. The third-order valence-corrected chi connectivity index (χ3v) is 3.37. The topological polar surface area (TPSA) is 46.8 Å². The average Bonchev–Trinajstić information content (AvgIpc) is 3.08. The zero-order valence-electron chi connectivity index (χ0n) is 10.4. The van der Waals surface area contributed by atoms with Crippen LogP contribution in [0, 0.1) is 4.77 Å². The van der Waals surface area contributed by atoms with Gasteiger partial charge in [0.25, 0.3) is 0 Å². The van der Waals surface area contributed by atoms with E-state index >= 15 is 0 Å². The molecule has 0 radical (unpaired) electrons. The molecule has 96 valence electrons. The third kappa shape index (κ3) is 2.13. The first-order chi connectivity index (χ1) is 9.27. The van der Waals surface area contributed by atoms with Crippen LogP contribution in [-0.2, 0) is 0 Å². The molecule has 0 bridgehead atoms. The molecule has 0 amide bonds. The number of aromatic nitrogens is 3. The fraction of sp³-hybridized carbons (Fsp3) is 0.143. The SMILES string of the molecule is CC(c1ccco1)n1c(-c2ccccc2)n[nH]c1=S. The van der Waals surface area contributed by atoms with E-state index in [-0.39, 0.29) is 6.04 Å². The van der Waals surface area contributed by atoms with Crippen LogP contribution in [-0.4, -0.2) is 14.8 Å². The summed E-state index contributed by atoms with van der Waals surface area (Å²) < 4.78 is 8.00. The molecule has 0 aliphatic carbocycles. The van der Waals surface area contributed by atoms with Crippen LogP contribution in [0.5, 0.6) is 0 Å². The van der Waals surface area contributed by atoms with Crippen molar-refractivity contribution in [1.29, 1.82) is 0 Å². The zero-order valence-corrected chi connectivity index (χ0v) is 11.2. The largest absolute Gasteiger partial charge is 0.467 e. The Labute approximate surface area is 115 Å². The van der Waals surface area contributed by atoms with Crippen LogP contribution in [0.2, 0.25) is 0 Å². The monoisotopic (exact) mass is 271 g/mol. The van der Waals surface area contributed by atoms with Crippen molar-refractivity contribution >= 4 is 12.2 Å². The summed E-state index contributed by atoms with van der Waals surface area (Å²) in [4.78, 5) is 0. The number of H-pyrrole nitrogens is 1. The number of nitrogens with one attached hydrogen (secondary N) is 1. The minimum Gasteiger partial charge on any atom is -0.467 e. The van der Waals surface area contributed by atoms with Gasteiger partial charge in [-0.2, -0.15) is 5.10 Å². The fourth-order valence-electron chi connectivity index (χ4n) is 2.11. The number of nitrogens with zero attached hydrogens (tertiary/aromatic N) is 2. The van der Waals surface area contributed by atoms with Crippen LogP contribution in [0.1, 0.15) is 18.7 Å². The molecular formula is C14H13N3OS. The molecule has 1 atom stereocenters. The smallest absolute Gasteiger partial charge is 0.196 e. The van der Waals surface area contributed by atoms with Crippen molar-refractivity contribution in [3.05, 3.63) is 59.3 Å². The Balaban J connectivity index is 2.12. The molecule has 0 saturated carbocycles. The van der Waals surface area contributed by atoms with Gasteiger partial charge < -0.3 is 4.42 Å². The molecule has 2 heterocycles. The van der Waals surface area contributed by atoms with E-state index in [0.29, 0.717) is 4.77 Å². The summed E-state index contributed by atoms with van der Waals surface area (Å²) in [5.74, 6) is 1.67. The first-order valence-corrected chi connectivity index (χ1v) is 6.44. The van der Waals surface area contributed by atoms with E-state index in [1.807, 2.05) is 54.0 Å². The number of aromatic amines is 1. The number of rotatable bonds is 3. The van der Waals surface area contributed by atoms with E-state index in [9.17, 15) is 0 Å². The first-order valence-electron chi connectivity index (χ1n) is 6.03. The summed E-state index contributed by atoms with van der Waals surface area (Å²) in [6, 6.07) is 13.8. The van der Waals surface area contributed by atoms with E-state index in [2.05, 4.69) is 10.2 Å². The molecule has 19 heavy (non-hydrogen) atoms. The predicted octanol–water partition coefficient (Wildman–Crippen LogP) is 3.81. The van der Waals surface area contributed by atoms with Gasteiger partial charge in [0.2, 0.25) is 0 Å². The molecule has 4 nitrogen and oxygen atoms in total. The molecule has 0 saturated heterocycles. The van der Waals surface area contributed by atoms with Gasteiger partial charge in [0.1, 0.15) is 5.76 Å². The van der Waals surface area contributed by atoms with Crippen molar-refractivity contribution in [3.63, 3.8) is 0 Å². The highest BCUT2D eigenvalue weighted by molar-refractivity contribution is 7.71. The van der Waals surface area contributed by atoms with E-state index in [1.165, 1.54) is 0 Å². The molecule has 2 aromatic heterocycles. The molecule has 3 aromatic rings. The normalized spacial score (nSPS) is 12.5. The maximum atomic E-state index is 5.46. The predicted molar refractivity (Wildman–Crippen MR) is 75.4 cm³/mol. The van der Waals surface area contributed by atoms with Gasteiger partial charge in [-0.1, -0.05) is 30.3 Å². The van der Waals surface area contributed by atoms with Gasteiger partial charge in [-0.15, -0.1) is 0 Å². The lowest BCUT2D eigenvalue weighted by Crippen LogP contribution is -2.08. The van der Waals surface area contributed by atoms with Crippen molar-refractivity contribution < 1.29 is 4.42 Å². The second kappa shape index (κ2) is 4.85. The Morgan fingerprint density at radius 1 is 1.21 bits per heavy atom. The molecule has 0 aliphatic heterocycles. The molecule has 1 N–H and O–H groups in total. The lowest BCUT2D eigenvalue weighted by Gasteiger charge is -2.13. The Kier molecular flexibility index (Phi) is 3.05. The highest BCUT2D eigenvalue weighted by Gasteiger charge is 2.17. The van der Waals surface area contributed by atoms with Crippen LogP contribution in [0.15, 0.2) is 53.1 Å². The van der Waals surface area contributed by atoms with Crippen LogP contribution >= 0.6 is 12.2 Å². The maximum Gasteiger partial charge on any atom is 0.196 e. The van der Waals surface area contributed by atoms with Crippen molar-refractivity contribution in [1.82, 2.24) is 14.8 Å². The molecule has 1 unspecified atom stereocenters. The van der Waals surface area contributed by atoms with E-state index in [0.717, 1.165) is 17.1 Å². The van der Waals surface area contributed by atoms with Crippen LogP contribution in [0.3, 0.4) is 0 Å². The lowest BCUT2D eigenvalue weighted by molar-refractivity contribution is 0.445. The second-order valence-electron chi connectivity index (χ2n) is 4.28. The average molecular weight is 271 g/mol. The zero-order chi connectivity index (χ0) is 13.2. The second-order valence-corrected chi connectivity index (χ2v) is 4.67. The first kappa shape index (κ1) is 11.9. The summed E-state index contributed by atoms with van der Waals surface area (Å²) in [6.45, 7) is 2.04. The molecule has 5 heteroatoms. The Morgan fingerprint density at radius 2 is 2.00 bits per heavy atom. The van der Waals surface area contributed by atoms with Gasteiger partial charge in [0.05, 0.1) is 12.3 Å². The molecule has 3 rings (SSSR count). The number of hydrogen-bond donors (Lipinski definition) is 1. The fourth-order valence-corrected chi connectivity index (χ4v) is 2.40. The Bertz CT molecular complexity index is 713. The highest BCUT2D eigenvalue weighted by atomic mass is 32.1. The minimum atomic E-state index is -0.00328.